The molecule has 0 bridgehead atoms. The fourth-order valence-electron chi connectivity index (χ4n) is 2.16. The Hall–Kier alpha value is -2.96. The molecule has 0 spiro atoms. The van der Waals surface area contributed by atoms with E-state index in [1.165, 1.54) is 6.33 Å². The number of carboxylic acid groups (broad SMARTS) is 1. The Labute approximate surface area is 120 Å². The van der Waals surface area contributed by atoms with Crippen molar-refractivity contribution in [3.05, 3.63) is 48.0 Å². The number of carbonyl (C=O) groups is 1. The molecule has 3 rings (SSSR count). The van der Waals surface area contributed by atoms with E-state index in [4.69, 9.17) is 5.11 Å². The quantitative estimate of drug-likeness (QED) is 0.658. The van der Waals surface area contributed by atoms with Gasteiger partial charge in [0.05, 0.1) is 11.9 Å². The molecule has 2 aromatic heterocycles. The molecule has 7 heteroatoms. The highest BCUT2D eigenvalue weighted by Gasteiger charge is 2.09. The number of nitrogens with zero attached hydrogens (tertiary/aromatic N) is 3. The molecule has 0 aliphatic heterocycles. The lowest BCUT2D eigenvalue weighted by molar-refractivity contribution is 0.0695. The predicted octanol–water partition coefficient (Wildman–Crippen LogP) is 1.71. The number of rotatable bonds is 5. The van der Waals surface area contributed by atoms with Gasteiger partial charge in [-0.3, -0.25) is 0 Å². The van der Waals surface area contributed by atoms with Gasteiger partial charge in [-0.1, -0.05) is 18.2 Å². The van der Waals surface area contributed by atoms with Crippen LogP contribution in [-0.4, -0.2) is 37.6 Å². The number of fused-ring (bicyclic) bond motifs is 1. The molecule has 7 nitrogen and oxygen atoms in total. The van der Waals surface area contributed by atoms with Crippen LogP contribution >= 0.6 is 0 Å². The molecule has 1 aromatic carbocycles. The van der Waals surface area contributed by atoms with Gasteiger partial charge < -0.3 is 15.4 Å². The van der Waals surface area contributed by atoms with Gasteiger partial charge in [-0.05, 0) is 18.1 Å². The Morgan fingerprint density at radius 3 is 2.95 bits per heavy atom. The van der Waals surface area contributed by atoms with Crippen LogP contribution in [0.1, 0.15) is 15.9 Å². The highest BCUT2D eigenvalue weighted by Crippen LogP contribution is 2.15. The van der Waals surface area contributed by atoms with Gasteiger partial charge in [0.15, 0.2) is 11.5 Å². The predicted molar refractivity (Wildman–Crippen MR) is 77.3 cm³/mol. The van der Waals surface area contributed by atoms with Crippen molar-refractivity contribution in [2.45, 2.75) is 6.42 Å². The van der Waals surface area contributed by atoms with Crippen LogP contribution in [0.5, 0.6) is 0 Å². The molecule has 0 aliphatic carbocycles. The number of hydrogen-bond donors (Lipinski definition) is 3. The van der Waals surface area contributed by atoms with E-state index < -0.39 is 5.97 Å². The minimum atomic E-state index is -0.913. The van der Waals surface area contributed by atoms with Crippen molar-refractivity contribution in [2.24, 2.45) is 0 Å². The third-order valence-corrected chi connectivity index (χ3v) is 3.16. The zero-order chi connectivity index (χ0) is 14.7. The number of aromatic nitrogens is 4. The van der Waals surface area contributed by atoms with Gasteiger partial charge in [-0.25, -0.2) is 19.7 Å². The molecular weight excluding hydrogens is 270 g/mol. The Morgan fingerprint density at radius 2 is 2.10 bits per heavy atom. The minimum absolute atomic E-state index is 0.327. The largest absolute Gasteiger partial charge is 0.478 e. The Kier molecular flexibility index (Phi) is 3.46. The average Bonchev–Trinajstić information content (AvgIpc) is 2.97. The first-order chi connectivity index (χ1) is 10.3. The normalized spacial score (nSPS) is 10.7. The Morgan fingerprint density at radius 1 is 1.24 bits per heavy atom. The Bertz CT molecular complexity index is 784. The molecule has 0 atom stereocenters. The van der Waals surface area contributed by atoms with Crippen molar-refractivity contribution in [3.63, 3.8) is 0 Å². The lowest BCUT2D eigenvalue weighted by Gasteiger charge is -2.08. The molecule has 0 unspecified atom stereocenters. The summed E-state index contributed by atoms with van der Waals surface area (Å²) in [5, 5.41) is 12.3. The maximum Gasteiger partial charge on any atom is 0.335 e. The number of carboxylic acids is 1. The van der Waals surface area contributed by atoms with Gasteiger partial charge in [-0.2, -0.15) is 0 Å². The second-order valence-electron chi connectivity index (χ2n) is 4.46. The Balaban J connectivity index is 1.72. The van der Waals surface area contributed by atoms with E-state index in [-0.39, 0.29) is 0 Å². The van der Waals surface area contributed by atoms with Crippen LogP contribution in [0.25, 0.3) is 11.2 Å². The van der Waals surface area contributed by atoms with Crippen molar-refractivity contribution in [3.8, 4) is 0 Å². The summed E-state index contributed by atoms with van der Waals surface area (Å²) >= 11 is 0. The summed E-state index contributed by atoms with van der Waals surface area (Å²) in [5.74, 6) is -0.256. The SMILES string of the molecule is O=C(O)c1ccccc1CCNc1ncnc2nc[nH]c12. The number of benzene rings is 1. The summed E-state index contributed by atoms with van der Waals surface area (Å²) in [6.45, 7) is 0.565. The molecule has 0 saturated carbocycles. The van der Waals surface area contributed by atoms with E-state index in [1.54, 1.807) is 18.5 Å². The van der Waals surface area contributed by atoms with Gasteiger partial charge in [0.25, 0.3) is 0 Å². The number of aromatic carboxylic acids is 1. The van der Waals surface area contributed by atoms with Gasteiger partial charge in [-0.15, -0.1) is 0 Å². The summed E-state index contributed by atoms with van der Waals surface area (Å²) < 4.78 is 0. The lowest BCUT2D eigenvalue weighted by atomic mass is 10.0. The van der Waals surface area contributed by atoms with Crippen LogP contribution in [0.4, 0.5) is 5.82 Å². The van der Waals surface area contributed by atoms with Gasteiger partial charge >= 0.3 is 5.97 Å². The molecule has 3 N–H and O–H groups in total. The first kappa shape index (κ1) is 13.0. The van der Waals surface area contributed by atoms with Gasteiger partial charge in [0.2, 0.25) is 0 Å². The van der Waals surface area contributed by atoms with E-state index in [0.717, 1.165) is 11.1 Å². The van der Waals surface area contributed by atoms with Crippen molar-refractivity contribution in [1.29, 1.82) is 0 Å². The monoisotopic (exact) mass is 283 g/mol. The highest BCUT2D eigenvalue weighted by molar-refractivity contribution is 5.89. The summed E-state index contributed by atoms with van der Waals surface area (Å²) in [4.78, 5) is 26.4. The molecule has 0 fully saturated rings. The maximum atomic E-state index is 11.1. The third-order valence-electron chi connectivity index (χ3n) is 3.16. The number of nitrogens with one attached hydrogen (secondary N) is 2. The highest BCUT2D eigenvalue weighted by atomic mass is 16.4. The molecule has 21 heavy (non-hydrogen) atoms. The molecule has 0 amide bonds. The fraction of sp³-hybridized carbons (Fsp3) is 0.143. The molecule has 2 heterocycles. The van der Waals surface area contributed by atoms with Gasteiger partial charge in [0.1, 0.15) is 11.8 Å². The minimum Gasteiger partial charge on any atom is -0.478 e. The molecule has 0 aliphatic rings. The molecule has 3 aromatic rings. The summed E-state index contributed by atoms with van der Waals surface area (Å²) in [5.41, 5.74) is 2.45. The first-order valence-electron chi connectivity index (χ1n) is 6.45. The number of imidazole rings is 1. The van der Waals surface area contributed by atoms with Crippen LogP contribution in [0.15, 0.2) is 36.9 Å². The van der Waals surface area contributed by atoms with Gasteiger partial charge in [0, 0.05) is 6.54 Å². The number of hydrogen-bond acceptors (Lipinski definition) is 5. The fourth-order valence-corrected chi connectivity index (χ4v) is 2.16. The van der Waals surface area contributed by atoms with Crippen molar-refractivity contribution in [1.82, 2.24) is 19.9 Å². The smallest absolute Gasteiger partial charge is 0.335 e. The average molecular weight is 283 g/mol. The van der Waals surface area contributed by atoms with Crippen molar-refractivity contribution >= 4 is 23.0 Å². The zero-order valence-electron chi connectivity index (χ0n) is 11.1. The zero-order valence-corrected chi connectivity index (χ0v) is 11.1. The van der Waals surface area contributed by atoms with E-state index in [0.29, 0.717) is 30.0 Å². The topological polar surface area (TPSA) is 104 Å². The molecule has 0 saturated heterocycles. The van der Waals surface area contributed by atoms with E-state index in [1.807, 2.05) is 12.1 Å². The maximum absolute atomic E-state index is 11.1. The van der Waals surface area contributed by atoms with Crippen LogP contribution in [0.2, 0.25) is 0 Å². The standard InChI is InChI=1S/C14H13N5O2/c20-14(21)10-4-2-1-3-9(10)5-6-15-12-11-13(17-7-16-11)19-8-18-12/h1-4,7-8H,5-6H2,(H,20,21)(H2,15,16,17,18,19). The second-order valence-corrected chi connectivity index (χ2v) is 4.46. The first-order valence-corrected chi connectivity index (χ1v) is 6.45. The van der Waals surface area contributed by atoms with Crippen LogP contribution in [-0.2, 0) is 6.42 Å². The number of anilines is 1. The van der Waals surface area contributed by atoms with Crippen LogP contribution < -0.4 is 5.32 Å². The lowest BCUT2D eigenvalue weighted by Crippen LogP contribution is -2.10. The number of H-pyrrole nitrogens is 1. The summed E-state index contributed by atoms with van der Waals surface area (Å²) in [6, 6.07) is 6.98. The summed E-state index contributed by atoms with van der Waals surface area (Å²) in [7, 11) is 0. The van der Waals surface area contributed by atoms with Crippen LogP contribution in [0.3, 0.4) is 0 Å². The van der Waals surface area contributed by atoms with E-state index in [2.05, 4.69) is 25.3 Å². The molecule has 106 valence electrons. The molecular formula is C14H13N5O2. The number of aromatic amines is 1. The van der Waals surface area contributed by atoms with Crippen LogP contribution in [0, 0.1) is 0 Å². The van der Waals surface area contributed by atoms with Crippen molar-refractivity contribution in [2.75, 3.05) is 11.9 Å². The molecule has 0 radical (unpaired) electrons. The second kappa shape index (κ2) is 5.58. The van der Waals surface area contributed by atoms with Crippen molar-refractivity contribution < 1.29 is 9.90 Å². The summed E-state index contributed by atoms with van der Waals surface area (Å²) in [6.07, 6.45) is 3.59. The third kappa shape index (κ3) is 2.66. The van der Waals surface area contributed by atoms with E-state index in [9.17, 15) is 4.79 Å². The van der Waals surface area contributed by atoms with E-state index >= 15 is 0 Å².